The van der Waals surface area contributed by atoms with Gasteiger partial charge in [0.2, 0.25) is 10.0 Å². The Balaban J connectivity index is 2.22. The van der Waals surface area contributed by atoms with Crippen LogP contribution in [0.25, 0.3) is 0 Å². The van der Waals surface area contributed by atoms with Gasteiger partial charge in [-0.1, -0.05) is 18.2 Å². The number of hydrogen-bond acceptors (Lipinski definition) is 4. The van der Waals surface area contributed by atoms with Crippen LogP contribution >= 0.6 is 0 Å². The Kier molecular flexibility index (Phi) is 4.43. The molecule has 0 aromatic heterocycles. The van der Waals surface area contributed by atoms with Crippen molar-refractivity contribution in [1.82, 2.24) is 0 Å². The van der Waals surface area contributed by atoms with Crippen LogP contribution in [0.15, 0.2) is 59.5 Å². The molecule has 0 aliphatic carbocycles. The quantitative estimate of drug-likeness (QED) is 0.901. The van der Waals surface area contributed by atoms with Gasteiger partial charge >= 0.3 is 0 Å². The maximum Gasteiger partial charge on any atom is 0.261 e. The maximum absolute atomic E-state index is 12.2. The number of hydrogen-bond donors (Lipinski definition) is 1. The van der Waals surface area contributed by atoms with E-state index in [0.29, 0.717) is 11.4 Å². The molecule has 2 aromatic rings. The van der Waals surface area contributed by atoms with Crippen molar-refractivity contribution < 1.29 is 16.8 Å². The van der Waals surface area contributed by atoms with Crippen molar-refractivity contribution in [2.75, 3.05) is 22.3 Å². The lowest BCUT2D eigenvalue weighted by atomic mass is 10.3. The van der Waals surface area contributed by atoms with Crippen molar-refractivity contribution in [3.63, 3.8) is 0 Å². The second-order valence-corrected chi connectivity index (χ2v) is 8.39. The predicted molar refractivity (Wildman–Crippen MR) is 86.9 cm³/mol. The van der Waals surface area contributed by atoms with Gasteiger partial charge in [0, 0.05) is 12.7 Å². The first-order valence-electron chi connectivity index (χ1n) is 6.32. The summed E-state index contributed by atoms with van der Waals surface area (Å²) in [5.41, 5.74) is 0.805. The smallest absolute Gasteiger partial charge is 0.261 e. The summed E-state index contributed by atoms with van der Waals surface area (Å²) in [6.07, 6.45) is 1.10. The zero-order chi connectivity index (χ0) is 16.4. The van der Waals surface area contributed by atoms with E-state index in [1.807, 2.05) is 0 Å². The fraction of sp³-hybridized carbons (Fsp3) is 0.143. The lowest BCUT2D eigenvalue weighted by molar-refractivity contribution is 0.598. The summed E-state index contributed by atoms with van der Waals surface area (Å²) < 4.78 is 50.8. The molecule has 0 amide bonds. The van der Waals surface area contributed by atoms with Crippen molar-refractivity contribution >= 4 is 31.4 Å². The summed E-state index contributed by atoms with van der Waals surface area (Å²) in [5.74, 6) is 0. The predicted octanol–water partition coefficient (Wildman–Crippen LogP) is 1.88. The number of rotatable bonds is 5. The molecule has 6 nitrogen and oxygen atoms in total. The van der Waals surface area contributed by atoms with Crippen LogP contribution in [0.4, 0.5) is 11.4 Å². The summed E-state index contributed by atoms with van der Waals surface area (Å²) in [4.78, 5) is 0.160. The monoisotopic (exact) mass is 340 g/mol. The van der Waals surface area contributed by atoms with Crippen LogP contribution in [-0.4, -0.2) is 30.1 Å². The first-order valence-corrected chi connectivity index (χ1v) is 9.65. The van der Waals surface area contributed by atoms with Gasteiger partial charge in [-0.05, 0) is 36.4 Å². The van der Waals surface area contributed by atoms with Gasteiger partial charge < -0.3 is 0 Å². The van der Waals surface area contributed by atoms with Crippen LogP contribution in [0, 0.1) is 0 Å². The Bertz CT molecular complexity index is 845. The number of anilines is 2. The summed E-state index contributed by atoms with van der Waals surface area (Å²) in [7, 11) is -5.58. The minimum atomic E-state index is -3.66. The van der Waals surface area contributed by atoms with Gasteiger partial charge in [0.25, 0.3) is 10.0 Å². The molecule has 0 fully saturated rings. The highest BCUT2D eigenvalue weighted by Gasteiger charge is 2.15. The Hall–Kier alpha value is -2.06. The number of benzene rings is 2. The fourth-order valence-electron chi connectivity index (χ4n) is 1.74. The molecule has 0 aliphatic rings. The maximum atomic E-state index is 12.2. The van der Waals surface area contributed by atoms with Gasteiger partial charge in [-0.15, -0.1) is 0 Å². The van der Waals surface area contributed by atoms with E-state index in [-0.39, 0.29) is 4.90 Å². The summed E-state index contributed by atoms with van der Waals surface area (Å²) in [6.45, 7) is 0. The molecule has 0 saturated heterocycles. The summed E-state index contributed by atoms with van der Waals surface area (Å²) >= 11 is 0. The molecular weight excluding hydrogens is 324 g/mol. The van der Waals surface area contributed by atoms with E-state index >= 15 is 0 Å². The molecule has 0 bridgehead atoms. The molecule has 8 heteroatoms. The molecule has 0 saturated carbocycles. The summed E-state index contributed by atoms with van der Waals surface area (Å²) in [5, 5.41) is 0. The topological polar surface area (TPSA) is 83.6 Å². The molecule has 1 N–H and O–H groups in total. The van der Waals surface area contributed by atoms with Crippen molar-refractivity contribution in [2.24, 2.45) is 0 Å². The zero-order valence-corrected chi connectivity index (χ0v) is 13.7. The van der Waals surface area contributed by atoms with Crippen LogP contribution in [0.1, 0.15) is 0 Å². The highest BCUT2D eigenvalue weighted by atomic mass is 32.2. The Morgan fingerprint density at radius 2 is 1.41 bits per heavy atom. The van der Waals surface area contributed by atoms with Crippen molar-refractivity contribution in [3.8, 4) is 0 Å². The average Bonchev–Trinajstić information content (AvgIpc) is 2.47. The first-order chi connectivity index (χ1) is 10.2. The molecule has 0 atom stereocenters. The lowest BCUT2D eigenvalue weighted by Gasteiger charge is -2.17. The highest BCUT2D eigenvalue weighted by molar-refractivity contribution is 7.92. The van der Waals surface area contributed by atoms with E-state index in [1.54, 1.807) is 18.2 Å². The Morgan fingerprint density at radius 3 is 1.91 bits per heavy atom. The minimum Gasteiger partial charge on any atom is -0.280 e. The largest absolute Gasteiger partial charge is 0.280 e. The van der Waals surface area contributed by atoms with E-state index in [4.69, 9.17) is 0 Å². The Morgan fingerprint density at radius 1 is 0.864 bits per heavy atom. The van der Waals surface area contributed by atoms with Crippen LogP contribution in [0.2, 0.25) is 0 Å². The average molecular weight is 340 g/mol. The SMILES string of the molecule is CN(c1ccc(NS(=O)(=O)c2ccccc2)cc1)S(C)(=O)=O. The molecule has 0 spiro atoms. The number of nitrogens with one attached hydrogen (secondary N) is 1. The van der Waals surface area contributed by atoms with Crippen LogP contribution in [0.3, 0.4) is 0 Å². The van der Waals surface area contributed by atoms with Gasteiger partial charge in [-0.2, -0.15) is 0 Å². The van der Waals surface area contributed by atoms with Crippen molar-refractivity contribution in [1.29, 1.82) is 0 Å². The lowest BCUT2D eigenvalue weighted by Crippen LogP contribution is -2.24. The second-order valence-electron chi connectivity index (χ2n) is 4.70. The zero-order valence-electron chi connectivity index (χ0n) is 12.1. The minimum absolute atomic E-state index is 0.160. The molecule has 0 unspecified atom stereocenters. The third-order valence-electron chi connectivity index (χ3n) is 3.03. The molecule has 2 rings (SSSR count). The fourth-order valence-corrected chi connectivity index (χ4v) is 3.33. The molecule has 2 aromatic carbocycles. The van der Waals surface area contributed by atoms with Gasteiger partial charge in [0.05, 0.1) is 16.8 Å². The van der Waals surface area contributed by atoms with Gasteiger partial charge in [-0.3, -0.25) is 9.03 Å². The van der Waals surface area contributed by atoms with Crippen LogP contribution in [-0.2, 0) is 20.0 Å². The number of nitrogens with zero attached hydrogens (tertiary/aromatic N) is 1. The van der Waals surface area contributed by atoms with Gasteiger partial charge in [-0.25, -0.2) is 16.8 Å². The highest BCUT2D eigenvalue weighted by Crippen LogP contribution is 2.21. The third-order valence-corrected chi connectivity index (χ3v) is 5.64. The first kappa shape index (κ1) is 16.3. The van der Waals surface area contributed by atoms with Gasteiger partial charge in [0.15, 0.2) is 0 Å². The molecule has 0 aliphatic heterocycles. The van der Waals surface area contributed by atoms with E-state index in [0.717, 1.165) is 10.6 Å². The molecular formula is C14H16N2O4S2. The molecule has 0 radical (unpaired) electrons. The van der Waals surface area contributed by atoms with E-state index in [9.17, 15) is 16.8 Å². The van der Waals surface area contributed by atoms with Crippen LogP contribution in [0.5, 0.6) is 0 Å². The third kappa shape index (κ3) is 3.77. The molecule has 22 heavy (non-hydrogen) atoms. The van der Waals surface area contributed by atoms with Crippen molar-refractivity contribution in [3.05, 3.63) is 54.6 Å². The molecule has 118 valence electrons. The summed E-state index contributed by atoms with van der Waals surface area (Å²) in [6, 6.07) is 14.1. The second kappa shape index (κ2) is 5.98. The van der Waals surface area contributed by atoms with Gasteiger partial charge in [0.1, 0.15) is 0 Å². The van der Waals surface area contributed by atoms with E-state index < -0.39 is 20.0 Å². The van der Waals surface area contributed by atoms with Crippen molar-refractivity contribution in [2.45, 2.75) is 4.90 Å². The van der Waals surface area contributed by atoms with E-state index in [1.165, 1.54) is 43.4 Å². The normalized spacial score (nSPS) is 11.9. The van der Waals surface area contributed by atoms with Crippen LogP contribution < -0.4 is 9.03 Å². The molecule has 0 heterocycles. The number of sulfonamides is 2. The standard InChI is InChI=1S/C14H16N2O4S2/c1-16(21(2,17)18)13-10-8-12(9-11-13)15-22(19,20)14-6-4-3-5-7-14/h3-11,15H,1-2H3. The Labute approximate surface area is 130 Å². The van der Waals surface area contributed by atoms with E-state index in [2.05, 4.69) is 4.72 Å².